The van der Waals surface area contributed by atoms with Crippen molar-refractivity contribution in [3.63, 3.8) is 0 Å². The topological polar surface area (TPSA) is 103 Å². The molecule has 0 saturated carbocycles. The van der Waals surface area contributed by atoms with Gasteiger partial charge in [0.05, 0.1) is 22.7 Å². The van der Waals surface area contributed by atoms with E-state index in [-0.39, 0.29) is 18.0 Å². The van der Waals surface area contributed by atoms with Crippen LogP contribution in [0.15, 0.2) is 109 Å². The van der Waals surface area contributed by atoms with E-state index in [0.29, 0.717) is 28.2 Å². The number of nitro benzene ring substituents is 1. The van der Waals surface area contributed by atoms with Gasteiger partial charge < -0.3 is 5.32 Å². The van der Waals surface area contributed by atoms with Crippen molar-refractivity contribution in [2.45, 2.75) is 6.42 Å². The van der Waals surface area contributed by atoms with Gasteiger partial charge in [0.25, 0.3) is 5.69 Å². The quantitative estimate of drug-likeness (QED) is 0.191. The fraction of sp³-hybridized carbons (Fsp3) is 0.0333. The van der Waals surface area contributed by atoms with E-state index in [9.17, 15) is 14.9 Å². The third-order valence-electron chi connectivity index (χ3n) is 5.66. The number of amides is 1. The van der Waals surface area contributed by atoms with E-state index in [1.807, 2.05) is 60.7 Å². The first kappa shape index (κ1) is 24.2. The number of pyridine rings is 1. The largest absolute Gasteiger partial charge is 0.326 e. The van der Waals surface area contributed by atoms with E-state index in [1.165, 1.54) is 12.1 Å². The molecule has 0 aliphatic rings. The highest BCUT2D eigenvalue weighted by Gasteiger charge is 2.17. The lowest BCUT2D eigenvalue weighted by Crippen LogP contribution is -2.14. The van der Waals surface area contributed by atoms with Crippen molar-refractivity contribution in [1.82, 2.24) is 14.8 Å². The monoisotopic (exact) mass is 499 g/mol. The molecule has 0 aliphatic carbocycles. The predicted octanol–water partition coefficient (Wildman–Crippen LogP) is 5.42. The van der Waals surface area contributed by atoms with Crippen LogP contribution in [0.4, 0.5) is 11.4 Å². The maximum absolute atomic E-state index is 13.1. The molecule has 8 nitrogen and oxygen atoms in total. The molecular weight excluding hydrogens is 478 g/mol. The van der Waals surface area contributed by atoms with E-state index < -0.39 is 4.92 Å². The van der Waals surface area contributed by atoms with Crippen LogP contribution < -0.4 is 5.32 Å². The first-order valence-corrected chi connectivity index (χ1v) is 11.8. The van der Waals surface area contributed by atoms with Gasteiger partial charge in [0, 0.05) is 46.9 Å². The van der Waals surface area contributed by atoms with E-state index in [2.05, 4.69) is 22.1 Å². The fourth-order valence-electron chi connectivity index (χ4n) is 3.86. The van der Waals surface area contributed by atoms with Gasteiger partial charge in [0.1, 0.15) is 5.69 Å². The van der Waals surface area contributed by atoms with Gasteiger partial charge in [-0.3, -0.25) is 14.9 Å². The van der Waals surface area contributed by atoms with Crippen molar-refractivity contribution in [3.8, 4) is 28.8 Å². The summed E-state index contributed by atoms with van der Waals surface area (Å²) in [5.41, 5.74) is 4.80. The third kappa shape index (κ3) is 5.80. The van der Waals surface area contributed by atoms with Gasteiger partial charge in [-0.2, -0.15) is 5.10 Å². The lowest BCUT2D eigenvalue weighted by Gasteiger charge is -2.06. The van der Waals surface area contributed by atoms with Crippen molar-refractivity contribution in [3.05, 3.63) is 136 Å². The minimum Gasteiger partial charge on any atom is -0.326 e. The van der Waals surface area contributed by atoms with E-state index in [1.54, 1.807) is 41.3 Å². The highest BCUT2D eigenvalue weighted by Crippen LogP contribution is 2.26. The Kier molecular flexibility index (Phi) is 7.00. The van der Waals surface area contributed by atoms with Gasteiger partial charge in [0.15, 0.2) is 0 Å². The van der Waals surface area contributed by atoms with Crippen LogP contribution >= 0.6 is 0 Å². The summed E-state index contributed by atoms with van der Waals surface area (Å²) in [5.74, 6) is 5.85. The second-order valence-electron chi connectivity index (χ2n) is 8.36. The smallest absolute Gasteiger partial charge is 0.269 e. The van der Waals surface area contributed by atoms with Crippen molar-refractivity contribution >= 4 is 17.3 Å². The minimum absolute atomic E-state index is 0.0124. The fourth-order valence-corrected chi connectivity index (χ4v) is 3.86. The molecule has 2 aromatic heterocycles. The molecule has 2 heterocycles. The molecule has 0 radical (unpaired) electrons. The Morgan fingerprint density at radius 2 is 1.71 bits per heavy atom. The maximum atomic E-state index is 13.1. The number of rotatable bonds is 6. The molecule has 3 aromatic carbocycles. The highest BCUT2D eigenvalue weighted by atomic mass is 16.6. The summed E-state index contributed by atoms with van der Waals surface area (Å²) in [6.07, 6.45) is 3.55. The second-order valence-corrected chi connectivity index (χ2v) is 8.36. The summed E-state index contributed by atoms with van der Waals surface area (Å²) in [4.78, 5) is 27.9. The van der Waals surface area contributed by atoms with E-state index in [0.717, 1.165) is 11.3 Å². The lowest BCUT2D eigenvalue weighted by molar-refractivity contribution is -0.384. The number of nitrogens with one attached hydrogen (secondary N) is 1. The van der Waals surface area contributed by atoms with E-state index >= 15 is 0 Å². The summed E-state index contributed by atoms with van der Waals surface area (Å²) in [7, 11) is 0. The molecule has 1 N–H and O–H groups in total. The van der Waals surface area contributed by atoms with Crippen molar-refractivity contribution in [2.24, 2.45) is 0 Å². The Hall–Kier alpha value is -5.55. The molecule has 0 atom stereocenters. The van der Waals surface area contributed by atoms with Crippen LogP contribution in [0, 0.1) is 22.0 Å². The zero-order valence-electron chi connectivity index (χ0n) is 20.1. The van der Waals surface area contributed by atoms with Gasteiger partial charge in [-0.1, -0.05) is 36.3 Å². The number of carbonyl (C=O) groups excluding carboxylic acids is 1. The molecule has 0 saturated heterocycles. The Bertz CT molecular complexity index is 1650. The zero-order chi connectivity index (χ0) is 26.3. The average Bonchev–Trinajstić information content (AvgIpc) is 3.36. The summed E-state index contributed by atoms with van der Waals surface area (Å²) < 4.78 is 1.70. The molecule has 8 heteroatoms. The Labute approximate surface area is 218 Å². The molecule has 5 aromatic rings. The Balaban J connectivity index is 1.38. The Morgan fingerprint density at radius 1 is 0.921 bits per heavy atom. The lowest BCUT2D eigenvalue weighted by atomic mass is 10.1. The first-order valence-electron chi connectivity index (χ1n) is 11.8. The molecule has 0 bridgehead atoms. The minimum atomic E-state index is -0.449. The number of para-hydroxylation sites is 1. The average molecular weight is 500 g/mol. The van der Waals surface area contributed by atoms with Crippen molar-refractivity contribution < 1.29 is 9.72 Å². The number of nitro groups is 1. The van der Waals surface area contributed by atoms with Crippen LogP contribution in [-0.4, -0.2) is 25.6 Å². The maximum Gasteiger partial charge on any atom is 0.269 e. The Morgan fingerprint density at radius 3 is 2.45 bits per heavy atom. The van der Waals surface area contributed by atoms with Gasteiger partial charge in [-0.05, 0) is 60.5 Å². The number of carbonyl (C=O) groups is 1. The first-order chi connectivity index (χ1) is 18.5. The molecule has 184 valence electrons. The molecule has 0 aliphatic heterocycles. The number of anilines is 1. The van der Waals surface area contributed by atoms with Crippen LogP contribution in [-0.2, 0) is 11.2 Å². The second kappa shape index (κ2) is 11.0. The SMILES string of the molecule is O=C(Cc1cn(-c2ccccc2)nc1-c1ccc([N+](=O)[O-])cc1)Nc1cccc(C#Cc2ccccn2)c1. The van der Waals surface area contributed by atoms with Gasteiger partial charge in [-0.15, -0.1) is 0 Å². The van der Waals surface area contributed by atoms with Crippen LogP contribution in [0.1, 0.15) is 16.8 Å². The standard InChI is InChI=1S/C30H21N5O3/c36-29(32-26-9-6-7-22(19-26)12-15-25-8-4-5-18-31-25)20-24-21-34(27-10-2-1-3-11-27)33-30(24)23-13-16-28(17-14-23)35(37)38/h1-11,13-14,16-19,21H,20H2,(H,32,36). The van der Waals surface area contributed by atoms with Crippen molar-refractivity contribution in [1.29, 1.82) is 0 Å². The van der Waals surface area contributed by atoms with Gasteiger partial charge >= 0.3 is 0 Å². The number of aromatic nitrogens is 3. The van der Waals surface area contributed by atoms with Crippen LogP contribution in [0.2, 0.25) is 0 Å². The summed E-state index contributed by atoms with van der Waals surface area (Å²) >= 11 is 0. The summed E-state index contributed by atoms with van der Waals surface area (Å²) in [5, 5.41) is 18.7. The molecule has 5 rings (SSSR count). The molecular formula is C30H21N5O3. The molecule has 0 spiro atoms. The molecule has 1 amide bonds. The highest BCUT2D eigenvalue weighted by molar-refractivity contribution is 5.93. The van der Waals surface area contributed by atoms with Crippen LogP contribution in [0.25, 0.3) is 16.9 Å². The summed E-state index contributed by atoms with van der Waals surface area (Å²) in [6.45, 7) is 0. The van der Waals surface area contributed by atoms with Gasteiger partial charge in [-0.25, -0.2) is 9.67 Å². The van der Waals surface area contributed by atoms with Crippen LogP contribution in [0.5, 0.6) is 0 Å². The predicted molar refractivity (Wildman–Crippen MR) is 145 cm³/mol. The number of non-ortho nitro benzene ring substituents is 1. The third-order valence-corrected chi connectivity index (χ3v) is 5.66. The molecule has 0 unspecified atom stereocenters. The van der Waals surface area contributed by atoms with E-state index in [4.69, 9.17) is 5.10 Å². The van der Waals surface area contributed by atoms with Crippen LogP contribution in [0.3, 0.4) is 0 Å². The normalized spacial score (nSPS) is 10.3. The number of nitrogens with zero attached hydrogens (tertiary/aromatic N) is 4. The number of hydrogen-bond donors (Lipinski definition) is 1. The summed E-state index contributed by atoms with van der Waals surface area (Å²) in [6, 6.07) is 28.5. The van der Waals surface area contributed by atoms with Gasteiger partial charge in [0.2, 0.25) is 5.91 Å². The molecule has 0 fully saturated rings. The number of benzene rings is 3. The molecule has 38 heavy (non-hydrogen) atoms. The zero-order valence-corrected chi connectivity index (χ0v) is 20.1. The van der Waals surface area contributed by atoms with Crippen molar-refractivity contribution in [2.75, 3.05) is 5.32 Å². The number of hydrogen-bond acceptors (Lipinski definition) is 5.